The summed E-state index contributed by atoms with van der Waals surface area (Å²) in [7, 11) is -1.21. The lowest BCUT2D eigenvalue weighted by atomic mass is 9.78. The Kier molecular flexibility index (Phi) is 4.36. The summed E-state index contributed by atoms with van der Waals surface area (Å²) in [6.45, 7) is 0.516. The van der Waals surface area contributed by atoms with E-state index in [1.54, 1.807) is 4.90 Å². The van der Waals surface area contributed by atoms with Crippen LogP contribution in [-0.4, -0.2) is 46.6 Å². The molecule has 1 aromatic rings. The summed E-state index contributed by atoms with van der Waals surface area (Å²) in [5, 5.41) is 18.5. The molecular formula is C15H17BFNO5. The predicted octanol–water partition coefficient (Wildman–Crippen LogP) is 0.513. The molecule has 2 aliphatic rings. The fourth-order valence-electron chi connectivity index (χ4n) is 3.27. The van der Waals surface area contributed by atoms with Crippen molar-refractivity contribution in [2.75, 3.05) is 6.54 Å². The molecule has 0 aliphatic carbocycles. The first-order valence-corrected chi connectivity index (χ1v) is 7.62. The van der Waals surface area contributed by atoms with Crippen LogP contribution in [0, 0.1) is 5.82 Å². The number of carbonyl (C=O) groups excluding carboxylic acids is 1. The highest BCUT2D eigenvalue weighted by Gasteiger charge is 2.34. The van der Waals surface area contributed by atoms with Gasteiger partial charge in [-0.3, -0.25) is 9.59 Å². The number of carbonyl (C=O) groups is 2. The Morgan fingerprint density at radius 3 is 2.96 bits per heavy atom. The Balaban J connectivity index is 1.81. The molecule has 8 heteroatoms. The van der Waals surface area contributed by atoms with E-state index in [-0.39, 0.29) is 41.6 Å². The Morgan fingerprint density at radius 2 is 2.22 bits per heavy atom. The maximum Gasteiger partial charge on any atom is 0.491 e. The number of likely N-dealkylation sites (tertiary alicyclic amines) is 1. The molecule has 0 saturated carbocycles. The van der Waals surface area contributed by atoms with Crippen molar-refractivity contribution < 1.29 is 28.8 Å². The molecule has 6 nitrogen and oxygen atoms in total. The number of halogens is 1. The highest BCUT2D eigenvalue weighted by atomic mass is 19.1. The molecule has 2 N–H and O–H groups in total. The van der Waals surface area contributed by atoms with Crippen LogP contribution in [0.15, 0.2) is 12.1 Å². The second-order valence-corrected chi connectivity index (χ2v) is 5.92. The molecule has 1 aromatic carbocycles. The first-order chi connectivity index (χ1) is 11.0. The largest absolute Gasteiger partial charge is 0.491 e. The molecule has 122 valence electrons. The molecular weight excluding hydrogens is 304 g/mol. The van der Waals surface area contributed by atoms with Crippen LogP contribution in [0.2, 0.25) is 0 Å². The van der Waals surface area contributed by atoms with Gasteiger partial charge < -0.3 is 19.7 Å². The first kappa shape index (κ1) is 16.0. The molecule has 23 heavy (non-hydrogen) atoms. The maximum atomic E-state index is 14.1. The zero-order valence-corrected chi connectivity index (χ0v) is 12.5. The number of hydrogen-bond donors (Lipinski definition) is 2. The predicted molar refractivity (Wildman–Crippen MR) is 79.7 cm³/mol. The number of carboxylic acid groups (broad SMARTS) is 1. The topological polar surface area (TPSA) is 87.1 Å². The van der Waals surface area contributed by atoms with Crippen LogP contribution in [0.3, 0.4) is 0 Å². The van der Waals surface area contributed by atoms with Gasteiger partial charge in [-0.05, 0) is 36.9 Å². The van der Waals surface area contributed by atoms with E-state index in [0.29, 0.717) is 13.0 Å². The third kappa shape index (κ3) is 3.09. The second-order valence-electron chi connectivity index (χ2n) is 5.92. The van der Waals surface area contributed by atoms with Gasteiger partial charge in [0.15, 0.2) is 0 Å². The summed E-state index contributed by atoms with van der Waals surface area (Å²) in [5.74, 6) is -1.80. The van der Waals surface area contributed by atoms with E-state index in [4.69, 9.17) is 9.76 Å². The van der Waals surface area contributed by atoms with Crippen LogP contribution < -0.4 is 5.46 Å². The number of benzene rings is 1. The van der Waals surface area contributed by atoms with Crippen LogP contribution in [0.4, 0.5) is 4.39 Å². The van der Waals surface area contributed by atoms with E-state index in [1.807, 2.05) is 0 Å². The molecule has 0 radical (unpaired) electrons. The number of aliphatic carboxylic acids is 1. The van der Waals surface area contributed by atoms with Gasteiger partial charge in [-0.15, -0.1) is 0 Å². The van der Waals surface area contributed by atoms with Gasteiger partial charge in [-0.2, -0.15) is 0 Å². The van der Waals surface area contributed by atoms with Gasteiger partial charge in [-0.1, -0.05) is 0 Å². The number of hydrogen-bond acceptors (Lipinski definition) is 4. The SMILES string of the molecule is O=C(O)CCC1CCCN1C(=O)c1cc(F)c2c(c1)B(O)OC2. The van der Waals surface area contributed by atoms with Gasteiger partial charge in [0, 0.05) is 30.1 Å². The van der Waals surface area contributed by atoms with Gasteiger partial charge in [0.05, 0.1) is 6.61 Å². The van der Waals surface area contributed by atoms with Gasteiger partial charge >= 0.3 is 13.1 Å². The molecule has 1 atom stereocenters. The normalized spacial score (nSPS) is 20.0. The van der Waals surface area contributed by atoms with E-state index >= 15 is 0 Å². The second kappa shape index (κ2) is 6.29. The van der Waals surface area contributed by atoms with Gasteiger partial charge in [0.25, 0.3) is 5.91 Å². The summed E-state index contributed by atoms with van der Waals surface area (Å²) in [6.07, 6.45) is 1.94. The Labute approximate surface area is 133 Å². The number of amides is 1. The molecule has 1 unspecified atom stereocenters. The lowest BCUT2D eigenvalue weighted by Gasteiger charge is -2.24. The fourth-order valence-corrected chi connectivity index (χ4v) is 3.27. The standard InChI is InChI=1S/C15H17BFNO5/c17-13-7-9(6-12-11(13)8-23-16(12)22)15(21)18-5-1-2-10(18)3-4-14(19)20/h6-7,10,22H,1-5,8H2,(H,19,20). The quantitative estimate of drug-likeness (QED) is 0.789. The summed E-state index contributed by atoms with van der Waals surface area (Å²) in [5.41, 5.74) is 0.723. The number of fused-ring (bicyclic) bond motifs is 1. The lowest BCUT2D eigenvalue weighted by Crippen LogP contribution is -2.37. The van der Waals surface area contributed by atoms with Gasteiger partial charge in [0.2, 0.25) is 0 Å². The Hall–Kier alpha value is -1.93. The third-order valence-corrected chi connectivity index (χ3v) is 4.46. The van der Waals surface area contributed by atoms with E-state index in [0.717, 1.165) is 18.9 Å². The van der Waals surface area contributed by atoms with Crippen molar-refractivity contribution in [2.45, 2.75) is 38.3 Å². The molecule has 0 aromatic heterocycles. The van der Waals surface area contributed by atoms with Crippen molar-refractivity contribution in [1.29, 1.82) is 0 Å². The monoisotopic (exact) mass is 321 g/mol. The number of carboxylic acids is 1. The molecule has 1 amide bonds. The first-order valence-electron chi connectivity index (χ1n) is 7.62. The fraction of sp³-hybridized carbons (Fsp3) is 0.467. The molecule has 2 aliphatic heterocycles. The molecule has 1 saturated heterocycles. The van der Waals surface area contributed by atoms with Crippen LogP contribution >= 0.6 is 0 Å². The van der Waals surface area contributed by atoms with Gasteiger partial charge in [0.1, 0.15) is 5.82 Å². The minimum absolute atomic E-state index is 0.000447. The number of nitrogens with zero attached hydrogens (tertiary/aromatic N) is 1. The minimum Gasteiger partial charge on any atom is -0.481 e. The van der Waals surface area contributed by atoms with E-state index in [1.165, 1.54) is 6.07 Å². The van der Waals surface area contributed by atoms with E-state index in [9.17, 15) is 19.0 Å². The molecule has 1 fully saturated rings. The summed E-state index contributed by atoms with van der Waals surface area (Å²) in [6, 6.07) is 2.48. The zero-order valence-electron chi connectivity index (χ0n) is 12.5. The van der Waals surface area contributed by atoms with Crippen molar-refractivity contribution >= 4 is 24.5 Å². The van der Waals surface area contributed by atoms with Crippen molar-refractivity contribution in [1.82, 2.24) is 4.90 Å². The summed E-state index contributed by atoms with van der Waals surface area (Å²) in [4.78, 5) is 25.0. The smallest absolute Gasteiger partial charge is 0.481 e. The maximum absolute atomic E-state index is 14.1. The average Bonchev–Trinajstić information content (AvgIpc) is 3.12. The Morgan fingerprint density at radius 1 is 1.43 bits per heavy atom. The zero-order chi connectivity index (χ0) is 16.6. The van der Waals surface area contributed by atoms with Crippen molar-refractivity contribution in [3.05, 3.63) is 29.1 Å². The van der Waals surface area contributed by atoms with Crippen LogP contribution in [0.5, 0.6) is 0 Å². The molecule has 3 rings (SSSR count). The lowest BCUT2D eigenvalue weighted by molar-refractivity contribution is -0.137. The van der Waals surface area contributed by atoms with Crippen LogP contribution in [-0.2, 0) is 16.1 Å². The van der Waals surface area contributed by atoms with Crippen molar-refractivity contribution in [3.63, 3.8) is 0 Å². The molecule has 0 bridgehead atoms. The summed E-state index contributed by atoms with van der Waals surface area (Å²) < 4.78 is 19.1. The Bertz CT molecular complexity index is 653. The van der Waals surface area contributed by atoms with Crippen molar-refractivity contribution in [3.8, 4) is 0 Å². The summed E-state index contributed by atoms with van der Waals surface area (Å²) >= 11 is 0. The van der Waals surface area contributed by atoms with Gasteiger partial charge in [-0.25, -0.2) is 4.39 Å². The average molecular weight is 321 g/mol. The number of rotatable bonds is 4. The van der Waals surface area contributed by atoms with Crippen LogP contribution in [0.25, 0.3) is 0 Å². The van der Waals surface area contributed by atoms with E-state index in [2.05, 4.69) is 0 Å². The van der Waals surface area contributed by atoms with Crippen molar-refractivity contribution in [2.24, 2.45) is 0 Å². The van der Waals surface area contributed by atoms with E-state index < -0.39 is 18.9 Å². The highest BCUT2D eigenvalue weighted by Crippen LogP contribution is 2.25. The molecule has 0 spiro atoms. The molecule has 2 heterocycles. The highest BCUT2D eigenvalue weighted by molar-refractivity contribution is 6.61. The minimum atomic E-state index is -1.21. The third-order valence-electron chi connectivity index (χ3n) is 4.46. The van der Waals surface area contributed by atoms with Crippen LogP contribution in [0.1, 0.15) is 41.6 Å².